The maximum atomic E-state index is 11.8. The SMILES string of the molecule is O=C(CCCc1nc(C2CC2)no1)NCCc1ccc(C(=O)O)cc1. The predicted octanol–water partition coefficient (Wildman–Crippen LogP) is 2.33. The fraction of sp³-hybridized carbons (Fsp3) is 0.444. The third-order valence-electron chi connectivity index (χ3n) is 4.16. The highest BCUT2D eigenvalue weighted by molar-refractivity contribution is 5.87. The highest BCUT2D eigenvalue weighted by Crippen LogP contribution is 2.38. The lowest BCUT2D eigenvalue weighted by molar-refractivity contribution is -0.121. The summed E-state index contributed by atoms with van der Waals surface area (Å²) >= 11 is 0. The number of carboxylic acids is 1. The van der Waals surface area contributed by atoms with Crippen LogP contribution in [0.3, 0.4) is 0 Å². The molecule has 0 atom stereocenters. The summed E-state index contributed by atoms with van der Waals surface area (Å²) in [4.78, 5) is 27.0. The highest BCUT2D eigenvalue weighted by atomic mass is 16.5. The zero-order valence-electron chi connectivity index (χ0n) is 13.9. The number of carbonyl (C=O) groups excluding carboxylic acids is 1. The quantitative estimate of drug-likeness (QED) is 0.724. The lowest BCUT2D eigenvalue weighted by atomic mass is 10.1. The molecule has 1 aliphatic rings. The van der Waals surface area contributed by atoms with E-state index in [1.807, 2.05) is 0 Å². The second kappa shape index (κ2) is 7.92. The maximum Gasteiger partial charge on any atom is 0.335 e. The van der Waals surface area contributed by atoms with Crippen molar-refractivity contribution in [1.29, 1.82) is 0 Å². The molecule has 0 radical (unpaired) electrons. The van der Waals surface area contributed by atoms with E-state index < -0.39 is 5.97 Å². The minimum atomic E-state index is -0.939. The molecule has 1 aromatic carbocycles. The lowest BCUT2D eigenvalue weighted by Crippen LogP contribution is -2.25. The van der Waals surface area contributed by atoms with Crippen LogP contribution in [-0.4, -0.2) is 33.7 Å². The molecule has 0 aliphatic heterocycles. The van der Waals surface area contributed by atoms with Gasteiger partial charge >= 0.3 is 5.97 Å². The highest BCUT2D eigenvalue weighted by Gasteiger charge is 2.28. The zero-order chi connectivity index (χ0) is 17.6. The topological polar surface area (TPSA) is 105 Å². The summed E-state index contributed by atoms with van der Waals surface area (Å²) in [5, 5.41) is 15.7. The van der Waals surface area contributed by atoms with Gasteiger partial charge in [-0.2, -0.15) is 4.98 Å². The van der Waals surface area contributed by atoms with Gasteiger partial charge in [0.2, 0.25) is 11.8 Å². The van der Waals surface area contributed by atoms with E-state index in [0.717, 1.165) is 24.2 Å². The van der Waals surface area contributed by atoms with E-state index >= 15 is 0 Å². The first kappa shape index (κ1) is 17.1. The fourth-order valence-corrected chi connectivity index (χ4v) is 2.53. The van der Waals surface area contributed by atoms with Crippen molar-refractivity contribution < 1.29 is 19.2 Å². The first-order chi connectivity index (χ1) is 12.1. The third kappa shape index (κ3) is 5.14. The average molecular weight is 343 g/mol. The van der Waals surface area contributed by atoms with E-state index in [2.05, 4.69) is 15.5 Å². The largest absolute Gasteiger partial charge is 0.478 e. The van der Waals surface area contributed by atoms with E-state index in [9.17, 15) is 9.59 Å². The molecule has 7 nitrogen and oxygen atoms in total. The van der Waals surface area contributed by atoms with Crippen molar-refractivity contribution in [1.82, 2.24) is 15.5 Å². The monoisotopic (exact) mass is 343 g/mol. The van der Waals surface area contributed by atoms with E-state index in [-0.39, 0.29) is 11.5 Å². The van der Waals surface area contributed by atoms with Crippen LogP contribution in [-0.2, 0) is 17.6 Å². The van der Waals surface area contributed by atoms with Crippen LogP contribution in [0.15, 0.2) is 28.8 Å². The first-order valence-corrected chi connectivity index (χ1v) is 8.53. The molecule has 0 bridgehead atoms. The molecule has 1 heterocycles. The first-order valence-electron chi connectivity index (χ1n) is 8.53. The van der Waals surface area contributed by atoms with E-state index in [1.54, 1.807) is 24.3 Å². The van der Waals surface area contributed by atoms with Gasteiger partial charge in [0.25, 0.3) is 0 Å². The Balaban J connectivity index is 1.31. The summed E-state index contributed by atoms with van der Waals surface area (Å²) in [5.41, 5.74) is 1.25. The maximum absolute atomic E-state index is 11.8. The number of carboxylic acid groups (broad SMARTS) is 1. The summed E-state index contributed by atoms with van der Waals surface area (Å²) in [6.07, 6.45) is 4.65. The summed E-state index contributed by atoms with van der Waals surface area (Å²) in [5.74, 6) is 0.932. The molecule has 132 valence electrons. The van der Waals surface area contributed by atoms with Crippen LogP contribution in [0.1, 0.15) is 59.2 Å². The summed E-state index contributed by atoms with van der Waals surface area (Å²) in [6, 6.07) is 6.67. The van der Waals surface area contributed by atoms with Crippen LogP contribution < -0.4 is 5.32 Å². The Hall–Kier alpha value is -2.70. The van der Waals surface area contributed by atoms with Gasteiger partial charge in [0.1, 0.15) is 0 Å². The van der Waals surface area contributed by atoms with Crippen LogP contribution >= 0.6 is 0 Å². The van der Waals surface area contributed by atoms with Crippen molar-refractivity contribution in [3.8, 4) is 0 Å². The van der Waals surface area contributed by atoms with Gasteiger partial charge in [-0.3, -0.25) is 4.79 Å². The van der Waals surface area contributed by atoms with Crippen molar-refractivity contribution in [2.45, 2.75) is 44.4 Å². The number of nitrogens with one attached hydrogen (secondary N) is 1. The molecule has 2 N–H and O–H groups in total. The van der Waals surface area contributed by atoms with E-state index in [0.29, 0.717) is 44.0 Å². The number of amides is 1. The molecule has 7 heteroatoms. The van der Waals surface area contributed by atoms with Crippen LogP contribution in [0.2, 0.25) is 0 Å². The molecular weight excluding hydrogens is 322 g/mol. The van der Waals surface area contributed by atoms with Gasteiger partial charge in [-0.05, 0) is 43.4 Å². The lowest BCUT2D eigenvalue weighted by Gasteiger charge is -2.05. The van der Waals surface area contributed by atoms with Gasteiger partial charge in [-0.1, -0.05) is 17.3 Å². The smallest absolute Gasteiger partial charge is 0.335 e. The Labute approximate surface area is 145 Å². The minimum Gasteiger partial charge on any atom is -0.478 e. The number of aryl methyl sites for hydroxylation is 1. The Morgan fingerprint density at radius 2 is 1.96 bits per heavy atom. The number of rotatable bonds is 9. The Bertz CT molecular complexity index is 735. The van der Waals surface area contributed by atoms with E-state index in [4.69, 9.17) is 9.63 Å². The minimum absolute atomic E-state index is 0.0101. The molecule has 1 aromatic heterocycles. The molecule has 0 unspecified atom stereocenters. The van der Waals surface area contributed by atoms with Gasteiger partial charge in [-0.25, -0.2) is 4.79 Å². The number of nitrogens with zero attached hydrogens (tertiary/aromatic N) is 2. The van der Waals surface area contributed by atoms with Crippen LogP contribution in [0, 0.1) is 0 Å². The van der Waals surface area contributed by atoms with Gasteiger partial charge in [0.05, 0.1) is 5.56 Å². The zero-order valence-corrected chi connectivity index (χ0v) is 13.9. The number of benzene rings is 1. The standard InChI is InChI=1S/C18H21N3O4/c22-15(2-1-3-16-20-17(21-25-16)13-8-9-13)19-11-10-12-4-6-14(7-5-12)18(23)24/h4-7,13H,1-3,8-11H2,(H,19,22)(H,23,24). The van der Waals surface area contributed by atoms with Crippen molar-refractivity contribution in [3.63, 3.8) is 0 Å². The Morgan fingerprint density at radius 3 is 2.64 bits per heavy atom. The Kier molecular flexibility index (Phi) is 5.42. The summed E-state index contributed by atoms with van der Waals surface area (Å²) in [6.45, 7) is 0.525. The molecule has 2 aromatic rings. The fourth-order valence-electron chi connectivity index (χ4n) is 2.53. The molecule has 1 fully saturated rings. The second-order valence-electron chi connectivity index (χ2n) is 6.28. The van der Waals surface area contributed by atoms with Gasteiger partial charge in [-0.15, -0.1) is 0 Å². The average Bonchev–Trinajstić information content (AvgIpc) is 3.35. The second-order valence-corrected chi connectivity index (χ2v) is 6.28. The van der Waals surface area contributed by atoms with Crippen molar-refractivity contribution >= 4 is 11.9 Å². The third-order valence-corrected chi connectivity index (χ3v) is 4.16. The molecule has 0 saturated heterocycles. The normalized spacial score (nSPS) is 13.6. The number of aromatic carboxylic acids is 1. The van der Waals surface area contributed by atoms with Crippen molar-refractivity contribution in [2.24, 2.45) is 0 Å². The Morgan fingerprint density at radius 1 is 1.20 bits per heavy atom. The predicted molar refractivity (Wildman–Crippen MR) is 89.3 cm³/mol. The molecule has 0 spiro atoms. The summed E-state index contributed by atoms with van der Waals surface area (Å²) in [7, 11) is 0. The van der Waals surface area contributed by atoms with Crippen molar-refractivity contribution in [2.75, 3.05) is 6.54 Å². The van der Waals surface area contributed by atoms with Crippen LogP contribution in [0.4, 0.5) is 0 Å². The number of carbonyl (C=O) groups is 2. The number of hydrogen-bond donors (Lipinski definition) is 2. The number of aromatic nitrogens is 2. The molecule has 3 rings (SSSR count). The molecular formula is C18H21N3O4. The molecule has 1 saturated carbocycles. The van der Waals surface area contributed by atoms with Gasteiger partial charge in [0.15, 0.2) is 5.82 Å². The molecule has 1 aliphatic carbocycles. The van der Waals surface area contributed by atoms with Gasteiger partial charge < -0.3 is 14.9 Å². The van der Waals surface area contributed by atoms with Crippen LogP contribution in [0.25, 0.3) is 0 Å². The van der Waals surface area contributed by atoms with E-state index in [1.165, 1.54) is 0 Å². The molecule has 1 amide bonds. The van der Waals surface area contributed by atoms with Gasteiger partial charge in [0, 0.05) is 25.3 Å². The van der Waals surface area contributed by atoms with Crippen molar-refractivity contribution in [3.05, 3.63) is 47.1 Å². The number of hydrogen-bond acceptors (Lipinski definition) is 5. The van der Waals surface area contributed by atoms with Crippen LogP contribution in [0.5, 0.6) is 0 Å². The molecule has 25 heavy (non-hydrogen) atoms. The summed E-state index contributed by atoms with van der Waals surface area (Å²) < 4.78 is 5.18.